The molecule has 1 N–H and O–H groups in total. The molecule has 0 saturated heterocycles. The highest BCUT2D eigenvalue weighted by Crippen LogP contribution is 2.18. The first-order valence-corrected chi connectivity index (χ1v) is 7.44. The lowest BCUT2D eigenvalue weighted by atomic mass is 10.1. The third-order valence-electron chi connectivity index (χ3n) is 3.59. The molecule has 2 amide bonds. The first-order chi connectivity index (χ1) is 11.9. The minimum Gasteiger partial charge on any atom is -0.494 e. The first kappa shape index (κ1) is 18.2. The van der Waals surface area contributed by atoms with E-state index in [1.807, 2.05) is 6.07 Å². The maximum atomic E-state index is 13.8. The van der Waals surface area contributed by atoms with Gasteiger partial charge in [-0.3, -0.25) is 0 Å². The van der Waals surface area contributed by atoms with Crippen molar-refractivity contribution >= 4 is 6.03 Å². The molecule has 130 valence electrons. The van der Waals surface area contributed by atoms with Gasteiger partial charge in [-0.2, -0.15) is 5.26 Å². The Bertz CT molecular complexity index is 818. The Morgan fingerprint density at radius 2 is 2.00 bits per heavy atom. The molecule has 5 nitrogen and oxygen atoms in total. The van der Waals surface area contributed by atoms with Crippen LogP contribution in [0.1, 0.15) is 16.7 Å². The van der Waals surface area contributed by atoms with Gasteiger partial charge in [-0.1, -0.05) is 12.1 Å². The number of amides is 2. The number of nitriles is 1. The predicted octanol–water partition coefficient (Wildman–Crippen LogP) is 3.19. The summed E-state index contributed by atoms with van der Waals surface area (Å²) in [6, 6.07) is 9.90. The van der Waals surface area contributed by atoms with Crippen LogP contribution < -0.4 is 10.1 Å². The van der Waals surface area contributed by atoms with Crippen LogP contribution in [-0.4, -0.2) is 25.1 Å². The molecular weight excluding hydrogens is 328 g/mol. The van der Waals surface area contributed by atoms with Crippen LogP contribution in [0, 0.1) is 23.0 Å². The summed E-state index contributed by atoms with van der Waals surface area (Å²) < 4.78 is 32.3. The number of carbonyl (C=O) groups is 1. The van der Waals surface area contributed by atoms with Crippen molar-refractivity contribution < 1.29 is 18.3 Å². The largest absolute Gasteiger partial charge is 0.494 e. The van der Waals surface area contributed by atoms with Crippen LogP contribution in [0.15, 0.2) is 36.4 Å². The molecule has 0 spiro atoms. The van der Waals surface area contributed by atoms with Crippen molar-refractivity contribution in [1.82, 2.24) is 10.2 Å². The maximum absolute atomic E-state index is 13.8. The summed E-state index contributed by atoms with van der Waals surface area (Å²) in [6.45, 7) is 0.167. The Hall–Kier alpha value is -3.14. The van der Waals surface area contributed by atoms with Crippen molar-refractivity contribution in [2.24, 2.45) is 0 Å². The monoisotopic (exact) mass is 345 g/mol. The van der Waals surface area contributed by atoms with Gasteiger partial charge in [0.05, 0.1) is 18.7 Å². The Morgan fingerprint density at radius 3 is 2.60 bits per heavy atom. The van der Waals surface area contributed by atoms with E-state index < -0.39 is 17.7 Å². The van der Waals surface area contributed by atoms with Gasteiger partial charge in [0.2, 0.25) is 0 Å². The van der Waals surface area contributed by atoms with Crippen molar-refractivity contribution in [2.75, 3.05) is 14.2 Å². The van der Waals surface area contributed by atoms with E-state index in [1.54, 1.807) is 13.1 Å². The molecule has 0 heterocycles. The van der Waals surface area contributed by atoms with E-state index >= 15 is 0 Å². The highest BCUT2D eigenvalue weighted by molar-refractivity contribution is 5.73. The lowest BCUT2D eigenvalue weighted by molar-refractivity contribution is 0.206. The zero-order valence-electron chi connectivity index (χ0n) is 13.8. The van der Waals surface area contributed by atoms with Crippen molar-refractivity contribution in [1.29, 1.82) is 5.26 Å². The summed E-state index contributed by atoms with van der Waals surface area (Å²) in [4.78, 5) is 13.4. The molecule has 2 aromatic rings. The summed E-state index contributed by atoms with van der Waals surface area (Å²) in [5, 5.41) is 11.3. The van der Waals surface area contributed by atoms with E-state index in [4.69, 9.17) is 10.00 Å². The Labute approximate surface area is 144 Å². The number of ether oxygens (including phenoxy) is 1. The number of nitrogens with zero attached hydrogens (tertiary/aromatic N) is 2. The molecule has 25 heavy (non-hydrogen) atoms. The molecular formula is C18H17F2N3O2. The Balaban J connectivity index is 1.94. The molecule has 0 aliphatic heterocycles. The van der Waals surface area contributed by atoms with E-state index in [1.165, 1.54) is 36.3 Å². The molecule has 0 radical (unpaired) electrons. The van der Waals surface area contributed by atoms with Crippen LogP contribution in [0.4, 0.5) is 13.6 Å². The lowest BCUT2D eigenvalue weighted by Gasteiger charge is -2.18. The number of halogens is 2. The predicted molar refractivity (Wildman–Crippen MR) is 87.8 cm³/mol. The van der Waals surface area contributed by atoms with E-state index in [9.17, 15) is 13.6 Å². The van der Waals surface area contributed by atoms with E-state index in [0.717, 1.165) is 6.07 Å². The van der Waals surface area contributed by atoms with Crippen LogP contribution in [0.25, 0.3) is 0 Å². The second-order valence-electron chi connectivity index (χ2n) is 5.40. The smallest absolute Gasteiger partial charge is 0.317 e. The van der Waals surface area contributed by atoms with Gasteiger partial charge in [-0.25, -0.2) is 13.6 Å². The molecule has 0 fully saturated rings. The third-order valence-corrected chi connectivity index (χ3v) is 3.59. The van der Waals surface area contributed by atoms with Gasteiger partial charge in [0, 0.05) is 25.7 Å². The second-order valence-corrected chi connectivity index (χ2v) is 5.40. The molecule has 0 bridgehead atoms. The quantitative estimate of drug-likeness (QED) is 0.905. The standard InChI is InChI=1S/C18H17F2N3O2/c1-23(11-13-4-6-17(25-2)16(20)8-13)18(24)22-10-14-5-3-12(9-21)7-15(14)19/h3-8H,10-11H2,1-2H3,(H,22,24). The SMILES string of the molecule is COc1ccc(CN(C)C(=O)NCc2ccc(C#N)cc2F)cc1F. The Kier molecular flexibility index (Phi) is 5.90. The first-order valence-electron chi connectivity index (χ1n) is 7.44. The van der Waals surface area contributed by atoms with E-state index in [0.29, 0.717) is 5.56 Å². The highest BCUT2D eigenvalue weighted by Gasteiger charge is 2.12. The average molecular weight is 345 g/mol. The number of benzene rings is 2. The van der Waals surface area contributed by atoms with Crippen LogP contribution in [0.3, 0.4) is 0 Å². The van der Waals surface area contributed by atoms with E-state index in [2.05, 4.69) is 5.32 Å². The summed E-state index contributed by atoms with van der Waals surface area (Å²) in [6.07, 6.45) is 0. The molecule has 0 saturated carbocycles. The van der Waals surface area contributed by atoms with Gasteiger partial charge in [-0.05, 0) is 29.8 Å². The topological polar surface area (TPSA) is 65.4 Å². The molecule has 7 heteroatoms. The number of rotatable bonds is 5. The zero-order valence-corrected chi connectivity index (χ0v) is 13.8. The van der Waals surface area contributed by atoms with Crippen molar-refractivity contribution in [3.63, 3.8) is 0 Å². The Morgan fingerprint density at radius 1 is 1.24 bits per heavy atom. The number of methoxy groups -OCH3 is 1. The molecule has 2 rings (SSSR count). The van der Waals surface area contributed by atoms with Gasteiger partial charge < -0.3 is 15.0 Å². The van der Waals surface area contributed by atoms with Gasteiger partial charge in [-0.15, -0.1) is 0 Å². The zero-order chi connectivity index (χ0) is 18.4. The van der Waals surface area contributed by atoms with Crippen LogP contribution in [0.5, 0.6) is 5.75 Å². The maximum Gasteiger partial charge on any atom is 0.317 e. The normalized spacial score (nSPS) is 10.0. The second kappa shape index (κ2) is 8.11. The molecule has 0 atom stereocenters. The number of carbonyl (C=O) groups excluding carboxylic acids is 1. The summed E-state index contributed by atoms with van der Waals surface area (Å²) in [7, 11) is 2.92. The molecule has 0 unspecified atom stereocenters. The fraction of sp³-hybridized carbons (Fsp3) is 0.222. The lowest BCUT2D eigenvalue weighted by Crippen LogP contribution is -2.36. The highest BCUT2D eigenvalue weighted by atomic mass is 19.1. The van der Waals surface area contributed by atoms with Crippen LogP contribution >= 0.6 is 0 Å². The number of urea groups is 1. The minimum absolute atomic E-state index is 0.0162. The van der Waals surface area contributed by atoms with Gasteiger partial charge in [0.15, 0.2) is 11.6 Å². The summed E-state index contributed by atoms with van der Waals surface area (Å²) >= 11 is 0. The van der Waals surface area contributed by atoms with E-state index in [-0.39, 0.29) is 30.0 Å². The summed E-state index contributed by atoms with van der Waals surface area (Å²) in [5.74, 6) is -0.931. The number of nitrogens with one attached hydrogen (secondary N) is 1. The van der Waals surface area contributed by atoms with Crippen LogP contribution in [0.2, 0.25) is 0 Å². The average Bonchev–Trinajstić information content (AvgIpc) is 2.60. The van der Waals surface area contributed by atoms with Crippen molar-refractivity contribution in [3.05, 3.63) is 64.7 Å². The fourth-order valence-corrected chi connectivity index (χ4v) is 2.22. The third kappa shape index (κ3) is 4.67. The molecule has 0 aromatic heterocycles. The molecule has 2 aromatic carbocycles. The molecule has 0 aliphatic rings. The minimum atomic E-state index is -0.556. The summed E-state index contributed by atoms with van der Waals surface area (Å²) in [5.41, 5.74) is 1.09. The van der Waals surface area contributed by atoms with Crippen molar-refractivity contribution in [2.45, 2.75) is 13.1 Å². The van der Waals surface area contributed by atoms with Gasteiger partial charge >= 0.3 is 6.03 Å². The molecule has 0 aliphatic carbocycles. The van der Waals surface area contributed by atoms with Gasteiger partial charge in [0.25, 0.3) is 0 Å². The van der Waals surface area contributed by atoms with Gasteiger partial charge in [0.1, 0.15) is 5.82 Å². The number of hydrogen-bond donors (Lipinski definition) is 1. The fourth-order valence-electron chi connectivity index (χ4n) is 2.22. The van der Waals surface area contributed by atoms with Crippen molar-refractivity contribution in [3.8, 4) is 11.8 Å². The van der Waals surface area contributed by atoms with Crippen LogP contribution in [-0.2, 0) is 13.1 Å². The number of hydrogen-bond acceptors (Lipinski definition) is 3.